The Balaban J connectivity index is 2.15. The van der Waals surface area contributed by atoms with E-state index in [4.69, 9.17) is 4.74 Å². The first kappa shape index (κ1) is 20.4. The minimum atomic E-state index is -3.58. The van der Waals surface area contributed by atoms with E-state index >= 15 is 0 Å². The number of rotatable bonds is 8. The van der Waals surface area contributed by atoms with E-state index in [9.17, 15) is 23.1 Å². The third-order valence-corrected chi connectivity index (χ3v) is 5.20. The number of carbonyl (C=O) groups is 2. The average Bonchev–Trinajstić information content (AvgIpc) is 2.64. The molecule has 0 spiro atoms. The Kier molecular flexibility index (Phi) is 6.57. The first-order chi connectivity index (χ1) is 12.7. The van der Waals surface area contributed by atoms with E-state index in [0.29, 0.717) is 11.3 Å². The topological polar surface area (TPSA) is 110 Å². The van der Waals surface area contributed by atoms with Crippen LogP contribution in [0.3, 0.4) is 0 Å². The van der Waals surface area contributed by atoms with E-state index in [1.54, 1.807) is 30.3 Å². The van der Waals surface area contributed by atoms with Crippen LogP contribution in [0.1, 0.15) is 15.9 Å². The molecule has 144 valence electrons. The first-order valence-corrected chi connectivity index (χ1v) is 10.0. The van der Waals surface area contributed by atoms with Gasteiger partial charge in [-0.3, -0.25) is 9.59 Å². The van der Waals surface area contributed by atoms with E-state index in [2.05, 4.69) is 5.32 Å². The standard InChI is InChI=1S/C19H21NO6S/c1-26-16-9-5-3-7-13(16)11-14(19(22)23)12-20-18(21)15-8-4-6-10-17(15)27(2,24)25/h3-10,14H,11-12H2,1-2H3,(H,20,21)(H,22,23). The predicted octanol–water partition coefficient (Wildman–Crippen LogP) is 1.77. The number of benzene rings is 2. The Morgan fingerprint density at radius 1 is 1.11 bits per heavy atom. The summed E-state index contributed by atoms with van der Waals surface area (Å²) in [7, 11) is -2.09. The summed E-state index contributed by atoms with van der Waals surface area (Å²) in [5.74, 6) is -2.03. The van der Waals surface area contributed by atoms with Gasteiger partial charge in [0.15, 0.2) is 9.84 Å². The molecule has 0 saturated heterocycles. The number of methoxy groups -OCH3 is 1. The lowest BCUT2D eigenvalue weighted by molar-refractivity contribution is -0.141. The second-order valence-corrected chi connectivity index (χ2v) is 8.01. The molecule has 0 aliphatic rings. The van der Waals surface area contributed by atoms with Crippen LogP contribution in [0.2, 0.25) is 0 Å². The Morgan fingerprint density at radius 3 is 2.37 bits per heavy atom. The summed E-state index contributed by atoms with van der Waals surface area (Å²) in [6.45, 7) is -0.149. The van der Waals surface area contributed by atoms with Gasteiger partial charge in [-0.2, -0.15) is 0 Å². The van der Waals surface area contributed by atoms with Crippen LogP contribution >= 0.6 is 0 Å². The van der Waals surface area contributed by atoms with Crippen molar-refractivity contribution >= 4 is 21.7 Å². The molecule has 0 aromatic heterocycles. The fourth-order valence-electron chi connectivity index (χ4n) is 2.67. The maximum Gasteiger partial charge on any atom is 0.308 e. The molecule has 2 N–H and O–H groups in total. The predicted molar refractivity (Wildman–Crippen MR) is 99.7 cm³/mol. The second kappa shape index (κ2) is 8.68. The number of aliphatic carboxylic acids is 1. The molecule has 0 radical (unpaired) electrons. The number of amides is 1. The molecule has 7 nitrogen and oxygen atoms in total. The van der Waals surface area contributed by atoms with Crippen molar-refractivity contribution in [1.82, 2.24) is 5.32 Å². The Morgan fingerprint density at radius 2 is 1.74 bits per heavy atom. The second-order valence-electron chi connectivity index (χ2n) is 6.03. The smallest absolute Gasteiger partial charge is 0.308 e. The molecule has 0 aliphatic carbocycles. The van der Waals surface area contributed by atoms with Crippen LogP contribution in [0.15, 0.2) is 53.4 Å². The van der Waals surface area contributed by atoms with Gasteiger partial charge in [0, 0.05) is 12.8 Å². The van der Waals surface area contributed by atoms with Crippen molar-refractivity contribution < 1.29 is 27.9 Å². The molecule has 2 aromatic carbocycles. The third kappa shape index (κ3) is 5.30. The molecule has 2 rings (SSSR count). The summed E-state index contributed by atoms with van der Waals surface area (Å²) < 4.78 is 28.9. The van der Waals surface area contributed by atoms with E-state index in [-0.39, 0.29) is 23.4 Å². The molecule has 0 fully saturated rings. The maximum atomic E-state index is 12.4. The number of nitrogens with one attached hydrogen (secondary N) is 1. The minimum absolute atomic E-state index is 0.0126. The third-order valence-electron chi connectivity index (χ3n) is 4.05. The van der Waals surface area contributed by atoms with Gasteiger partial charge in [0.2, 0.25) is 0 Å². The van der Waals surface area contributed by atoms with E-state index < -0.39 is 27.6 Å². The number of ether oxygens (including phenoxy) is 1. The number of carboxylic acid groups (broad SMARTS) is 1. The molecule has 2 aromatic rings. The number of para-hydroxylation sites is 1. The summed E-state index contributed by atoms with van der Waals surface area (Å²) in [6, 6.07) is 12.8. The monoisotopic (exact) mass is 391 g/mol. The van der Waals surface area contributed by atoms with Crippen molar-refractivity contribution in [3.8, 4) is 5.75 Å². The molecule has 0 aliphatic heterocycles. The highest BCUT2D eigenvalue weighted by atomic mass is 32.2. The molecule has 27 heavy (non-hydrogen) atoms. The Hall–Kier alpha value is -2.87. The maximum absolute atomic E-state index is 12.4. The van der Waals surface area contributed by atoms with Gasteiger partial charge in [0.1, 0.15) is 5.75 Å². The molecule has 8 heteroatoms. The van der Waals surface area contributed by atoms with Crippen LogP contribution in [0.25, 0.3) is 0 Å². The van der Waals surface area contributed by atoms with Crippen LogP contribution in [0.4, 0.5) is 0 Å². The Labute approximate surface area is 157 Å². The van der Waals surface area contributed by atoms with Gasteiger partial charge in [0.05, 0.1) is 23.5 Å². The van der Waals surface area contributed by atoms with Crippen molar-refractivity contribution in [3.05, 3.63) is 59.7 Å². The van der Waals surface area contributed by atoms with Gasteiger partial charge in [-0.1, -0.05) is 30.3 Å². The quantitative estimate of drug-likeness (QED) is 0.710. The molecular weight excluding hydrogens is 370 g/mol. The summed E-state index contributed by atoms with van der Waals surface area (Å²) in [5.41, 5.74) is 0.694. The summed E-state index contributed by atoms with van der Waals surface area (Å²) in [5, 5.41) is 12.0. The summed E-state index contributed by atoms with van der Waals surface area (Å²) in [6.07, 6.45) is 1.17. The van der Waals surface area contributed by atoms with Crippen LogP contribution < -0.4 is 10.1 Å². The van der Waals surface area contributed by atoms with Crippen molar-refractivity contribution in [2.45, 2.75) is 11.3 Å². The lowest BCUT2D eigenvalue weighted by atomic mass is 9.98. The van der Waals surface area contributed by atoms with E-state index in [0.717, 1.165) is 6.26 Å². The van der Waals surface area contributed by atoms with Crippen LogP contribution in [-0.4, -0.2) is 45.3 Å². The van der Waals surface area contributed by atoms with Gasteiger partial charge in [-0.25, -0.2) is 8.42 Å². The van der Waals surface area contributed by atoms with Gasteiger partial charge in [-0.15, -0.1) is 0 Å². The summed E-state index contributed by atoms with van der Waals surface area (Å²) in [4.78, 5) is 23.9. The SMILES string of the molecule is COc1ccccc1CC(CNC(=O)c1ccccc1S(C)(=O)=O)C(=O)O. The molecular formula is C19H21NO6S. The molecule has 0 heterocycles. The van der Waals surface area contributed by atoms with Gasteiger partial charge in [-0.05, 0) is 30.2 Å². The van der Waals surface area contributed by atoms with Crippen molar-refractivity contribution in [1.29, 1.82) is 0 Å². The lowest BCUT2D eigenvalue weighted by Crippen LogP contribution is -2.34. The first-order valence-electron chi connectivity index (χ1n) is 8.16. The fraction of sp³-hybridized carbons (Fsp3) is 0.263. The van der Waals surface area contributed by atoms with E-state index in [1.165, 1.54) is 25.3 Å². The molecule has 0 saturated carbocycles. The van der Waals surface area contributed by atoms with Gasteiger partial charge >= 0.3 is 5.97 Å². The zero-order valence-electron chi connectivity index (χ0n) is 15.0. The highest BCUT2D eigenvalue weighted by molar-refractivity contribution is 7.90. The van der Waals surface area contributed by atoms with E-state index in [1.807, 2.05) is 0 Å². The highest BCUT2D eigenvalue weighted by Gasteiger charge is 2.23. The number of sulfone groups is 1. The van der Waals surface area contributed by atoms with Crippen molar-refractivity contribution in [3.63, 3.8) is 0 Å². The van der Waals surface area contributed by atoms with Gasteiger partial charge < -0.3 is 15.2 Å². The molecule has 1 amide bonds. The average molecular weight is 391 g/mol. The van der Waals surface area contributed by atoms with Crippen LogP contribution in [0, 0.1) is 5.92 Å². The lowest BCUT2D eigenvalue weighted by Gasteiger charge is -2.16. The van der Waals surface area contributed by atoms with Crippen molar-refractivity contribution in [2.24, 2.45) is 5.92 Å². The fourth-order valence-corrected chi connectivity index (χ4v) is 3.56. The largest absolute Gasteiger partial charge is 0.496 e. The number of carbonyl (C=O) groups excluding carboxylic acids is 1. The zero-order valence-corrected chi connectivity index (χ0v) is 15.8. The zero-order chi connectivity index (χ0) is 20.0. The number of hydrogen-bond acceptors (Lipinski definition) is 5. The molecule has 0 bridgehead atoms. The number of carboxylic acids is 1. The normalized spacial score (nSPS) is 12.2. The van der Waals surface area contributed by atoms with Crippen molar-refractivity contribution in [2.75, 3.05) is 19.9 Å². The highest BCUT2D eigenvalue weighted by Crippen LogP contribution is 2.21. The van der Waals surface area contributed by atoms with Gasteiger partial charge in [0.25, 0.3) is 5.91 Å². The minimum Gasteiger partial charge on any atom is -0.496 e. The number of hydrogen-bond donors (Lipinski definition) is 2. The molecule has 1 atom stereocenters. The van der Waals surface area contributed by atoms with Crippen LogP contribution in [0.5, 0.6) is 5.75 Å². The molecule has 1 unspecified atom stereocenters. The summed E-state index contributed by atoms with van der Waals surface area (Å²) >= 11 is 0. The Bertz CT molecular complexity index is 939. The van der Waals surface area contributed by atoms with Crippen LogP contribution in [-0.2, 0) is 21.1 Å².